The number of hydrogen-bond donors (Lipinski definition) is 1. The van der Waals surface area contributed by atoms with E-state index in [0.29, 0.717) is 11.3 Å². The van der Waals surface area contributed by atoms with Gasteiger partial charge in [0.15, 0.2) is 11.3 Å². The average molecular weight is 449 g/mol. The van der Waals surface area contributed by atoms with Gasteiger partial charge < -0.3 is 10.1 Å². The molecule has 6 nitrogen and oxygen atoms in total. The predicted molar refractivity (Wildman–Crippen MR) is 121 cm³/mol. The van der Waals surface area contributed by atoms with Crippen LogP contribution in [0.15, 0.2) is 78.9 Å². The fourth-order valence-corrected chi connectivity index (χ4v) is 4.14. The van der Waals surface area contributed by atoms with Crippen molar-refractivity contribution in [2.45, 2.75) is 12.0 Å². The molecule has 1 atom stereocenters. The van der Waals surface area contributed by atoms with Crippen LogP contribution in [0.1, 0.15) is 21.5 Å². The standard InChI is InChI=1S/C25H21ClN2O4/c1-32-22-13-12-18(14-20(22)26)21(29)16-28-23(30)25(27-24(28)31,19-10-6-3-7-11-19)15-17-8-4-2-5-9-17/h2-14H,15-16H2,1H3,(H,27,31)/t25-/m0/s1. The summed E-state index contributed by atoms with van der Waals surface area (Å²) in [5.41, 5.74) is 0.541. The predicted octanol–water partition coefficient (Wildman–Crippen LogP) is 4.22. The zero-order chi connectivity index (χ0) is 22.7. The molecule has 1 N–H and O–H groups in total. The largest absolute Gasteiger partial charge is 0.495 e. The minimum absolute atomic E-state index is 0.265. The van der Waals surface area contributed by atoms with Gasteiger partial charge in [0.2, 0.25) is 0 Å². The minimum Gasteiger partial charge on any atom is -0.495 e. The molecular weight excluding hydrogens is 428 g/mol. The van der Waals surface area contributed by atoms with Crippen molar-refractivity contribution in [1.82, 2.24) is 10.2 Å². The van der Waals surface area contributed by atoms with Crippen LogP contribution in [0.5, 0.6) is 5.75 Å². The highest BCUT2D eigenvalue weighted by atomic mass is 35.5. The number of carbonyl (C=O) groups is 3. The Balaban J connectivity index is 1.65. The first-order valence-corrected chi connectivity index (χ1v) is 10.4. The van der Waals surface area contributed by atoms with Crippen molar-refractivity contribution in [3.63, 3.8) is 0 Å². The third kappa shape index (κ3) is 3.97. The first-order chi connectivity index (χ1) is 15.4. The van der Waals surface area contributed by atoms with Gasteiger partial charge in [0.25, 0.3) is 5.91 Å². The van der Waals surface area contributed by atoms with Gasteiger partial charge in [-0.3, -0.25) is 14.5 Å². The van der Waals surface area contributed by atoms with Crippen LogP contribution in [-0.4, -0.2) is 36.3 Å². The van der Waals surface area contributed by atoms with Crippen LogP contribution >= 0.6 is 11.6 Å². The van der Waals surface area contributed by atoms with E-state index in [2.05, 4.69) is 5.32 Å². The van der Waals surface area contributed by atoms with E-state index in [9.17, 15) is 14.4 Å². The van der Waals surface area contributed by atoms with Crippen LogP contribution in [0.25, 0.3) is 0 Å². The monoisotopic (exact) mass is 448 g/mol. The molecule has 0 radical (unpaired) electrons. The van der Waals surface area contributed by atoms with Crippen LogP contribution in [0, 0.1) is 0 Å². The molecule has 3 amide bonds. The number of carbonyl (C=O) groups excluding carboxylic acids is 3. The molecule has 162 valence electrons. The molecule has 1 aliphatic heterocycles. The van der Waals surface area contributed by atoms with Crippen LogP contribution in [0.2, 0.25) is 5.02 Å². The van der Waals surface area contributed by atoms with Gasteiger partial charge in [0.1, 0.15) is 5.75 Å². The van der Waals surface area contributed by atoms with Crippen molar-refractivity contribution >= 4 is 29.3 Å². The Morgan fingerprint density at radius 3 is 2.28 bits per heavy atom. The Morgan fingerprint density at radius 2 is 1.66 bits per heavy atom. The van der Waals surface area contributed by atoms with Crippen LogP contribution in [0.3, 0.4) is 0 Å². The SMILES string of the molecule is COc1ccc(C(=O)CN2C(=O)N[C@@](Cc3ccccc3)(c3ccccc3)C2=O)cc1Cl. The lowest BCUT2D eigenvalue weighted by molar-refractivity contribution is -0.131. The number of ketones is 1. The molecule has 0 saturated carbocycles. The summed E-state index contributed by atoms with van der Waals surface area (Å²) in [5, 5.41) is 3.13. The first-order valence-electron chi connectivity index (χ1n) is 10.0. The highest BCUT2D eigenvalue weighted by Gasteiger charge is 2.52. The molecule has 7 heteroatoms. The van der Waals surface area contributed by atoms with Crippen LogP contribution in [0.4, 0.5) is 4.79 Å². The lowest BCUT2D eigenvalue weighted by Gasteiger charge is -2.27. The van der Waals surface area contributed by atoms with Gasteiger partial charge in [0.05, 0.1) is 18.7 Å². The van der Waals surface area contributed by atoms with Crippen molar-refractivity contribution in [3.8, 4) is 5.75 Å². The second-order valence-corrected chi connectivity index (χ2v) is 7.93. The molecule has 1 fully saturated rings. The molecule has 0 spiro atoms. The second-order valence-electron chi connectivity index (χ2n) is 7.53. The lowest BCUT2D eigenvalue weighted by atomic mass is 9.83. The van der Waals surface area contributed by atoms with Crippen molar-refractivity contribution in [2.24, 2.45) is 0 Å². The lowest BCUT2D eigenvalue weighted by Crippen LogP contribution is -2.46. The van der Waals surface area contributed by atoms with E-state index in [4.69, 9.17) is 16.3 Å². The quantitative estimate of drug-likeness (QED) is 0.433. The molecule has 3 aromatic carbocycles. The van der Waals surface area contributed by atoms with Gasteiger partial charge in [-0.05, 0) is 29.3 Å². The van der Waals surface area contributed by atoms with Crippen molar-refractivity contribution in [1.29, 1.82) is 0 Å². The summed E-state index contributed by atoms with van der Waals surface area (Å²) in [4.78, 5) is 40.4. The maximum absolute atomic E-state index is 13.6. The molecule has 0 bridgehead atoms. The Bertz CT molecular complexity index is 1170. The molecular formula is C25H21ClN2O4. The van der Waals surface area contributed by atoms with Crippen LogP contribution < -0.4 is 10.1 Å². The summed E-state index contributed by atoms with van der Waals surface area (Å²) in [6.45, 7) is -0.392. The van der Waals surface area contributed by atoms with Gasteiger partial charge in [0, 0.05) is 12.0 Å². The summed E-state index contributed by atoms with van der Waals surface area (Å²) in [5.74, 6) is -0.434. The number of amides is 3. The molecule has 1 saturated heterocycles. The Labute approximate surface area is 190 Å². The second kappa shape index (κ2) is 8.85. The van der Waals surface area contributed by atoms with E-state index in [1.54, 1.807) is 24.3 Å². The molecule has 0 aliphatic carbocycles. The molecule has 1 heterocycles. The van der Waals surface area contributed by atoms with E-state index >= 15 is 0 Å². The third-order valence-electron chi connectivity index (χ3n) is 5.53. The van der Waals surface area contributed by atoms with Crippen molar-refractivity contribution < 1.29 is 19.1 Å². The fraction of sp³-hybridized carbons (Fsp3) is 0.160. The van der Waals surface area contributed by atoms with Gasteiger partial charge in [-0.15, -0.1) is 0 Å². The Morgan fingerprint density at radius 1 is 1.00 bits per heavy atom. The number of benzene rings is 3. The van der Waals surface area contributed by atoms with E-state index in [1.165, 1.54) is 13.2 Å². The molecule has 0 unspecified atom stereocenters. The van der Waals surface area contributed by atoms with Crippen LogP contribution in [-0.2, 0) is 16.8 Å². The number of nitrogens with zero attached hydrogens (tertiary/aromatic N) is 1. The maximum Gasteiger partial charge on any atom is 0.325 e. The number of ether oxygens (including phenoxy) is 1. The number of urea groups is 1. The summed E-state index contributed by atoms with van der Waals surface area (Å²) in [6.07, 6.45) is 0.265. The smallest absolute Gasteiger partial charge is 0.325 e. The Kier molecular flexibility index (Phi) is 5.97. The van der Waals surface area contributed by atoms with E-state index in [-0.39, 0.29) is 17.0 Å². The molecule has 32 heavy (non-hydrogen) atoms. The number of nitrogens with one attached hydrogen (secondary N) is 1. The molecule has 3 aromatic rings. The summed E-state index contributed by atoms with van der Waals surface area (Å²) < 4.78 is 5.11. The number of imide groups is 1. The number of methoxy groups -OCH3 is 1. The van der Waals surface area contributed by atoms with Gasteiger partial charge in [-0.2, -0.15) is 0 Å². The first kappa shape index (κ1) is 21.6. The molecule has 0 aromatic heterocycles. The number of Topliss-reactive ketones (excluding diaryl/α,β-unsaturated/α-hetero) is 1. The van der Waals surface area contributed by atoms with Gasteiger partial charge in [-0.25, -0.2) is 4.79 Å². The zero-order valence-electron chi connectivity index (χ0n) is 17.4. The minimum atomic E-state index is -1.29. The number of rotatable bonds is 7. The van der Waals surface area contributed by atoms with E-state index in [0.717, 1.165) is 10.5 Å². The molecule has 4 rings (SSSR count). The molecule has 1 aliphatic rings. The summed E-state index contributed by atoms with van der Waals surface area (Å²) in [7, 11) is 1.48. The van der Waals surface area contributed by atoms with Gasteiger partial charge >= 0.3 is 6.03 Å². The summed E-state index contributed by atoms with van der Waals surface area (Å²) in [6, 6.07) is 22.5. The number of halogens is 1. The maximum atomic E-state index is 13.6. The normalized spacial score (nSPS) is 17.9. The Hall–Kier alpha value is -3.64. The average Bonchev–Trinajstić information content (AvgIpc) is 3.05. The van der Waals surface area contributed by atoms with E-state index in [1.807, 2.05) is 48.5 Å². The summed E-state index contributed by atoms with van der Waals surface area (Å²) >= 11 is 6.13. The highest BCUT2D eigenvalue weighted by molar-refractivity contribution is 6.32. The van der Waals surface area contributed by atoms with Gasteiger partial charge in [-0.1, -0.05) is 72.3 Å². The topological polar surface area (TPSA) is 75.7 Å². The van der Waals surface area contributed by atoms with Crippen molar-refractivity contribution in [3.05, 3.63) is 101 Å². The fourth-order valence-electron chi connectivity index (χ4n) is 3.89. The highest BCUT2D eigenvalue weighted by Crippen LogP contribution is 2.33. The van der Waals surface area contributed by atoms with Crippen molar-refractivity contribution in [2.75, 3.05) is 13.7 Å². The zero-order valence-corrected chi connectivity index (χ0v) is 18.1. The number of hydrogen-bond acceptors (Lipinski definition) is 4. The van der Waals surface area contributed by atoms with E-state index < -0.39 is 29.8 Å². The third-order valence-corrected chi connectivity index (χ3v) is 5.83.